The molecule has 1 atom stereocenters. The molecule has 1 amide bonds. The highest BCUT2D eigenvalue weighted by Crippen LogP contribution is 2.13. The number of hydrogen-bond donors (Lipinski definition) is 1. The molecule has 1 N–H and O–H groups in total. The van der Waals surface area contributed by atoms with E-state index < -0.39 is 0 Å². The number of aromatic nitrogens is 2. The van der Waals surface area contributed by atoms with Crippen molar-refractivity contribution in [1.29, 1.82) is 0 Å². The second kappa shape index (κ2) is 5.52. The first kappa shape index (κ1) is 13.7. The van der Waals surface area contributed by atoms with Gasteiger partial charge in [0.2, 0.25) is 5.91 Å². The van der Waals surface area contributed by atoms with Crippen LogP contribution in [-0.4, -0.2) is 21.5 Å². The fourth-order valence-corrected chi connectivity index (χ4v) is 2.35. The Morgan fingerprint density at radius 1 is 1.47 bits per heavy atom. The molecule has 0 aliphatic rings. The molecule has 2 aromatic rings. The molecule has 0 saturated carbocycles. The molecule has 0 bridgehead atoms. The average molecular weight is 279 g/mol. The first-order chi connectivity index (χ1) is 8.99. The molecule has 5 nitrogen and oxygen atoms in total. The number of fused-ring (bicyclic) bond motifs is 1. The molecule has 0 aromatic carbocycles. The number of nitrogens with zero attached hydrogens (tertiary/aromatic N) is 2. The Morgan fingerprint density at radius 2 is 2.21 bits per heavy atom. The van der Waals surface area contributed by atoms with Crippen LogP contribution >= 0.6 is 11.3 Å². The predicted molar refractivity (Wildman–Crippen MR) is 76.3 cm³/mol. The molecule has 0 unspecified atom stereocenters. The van der Waals surface area contributed by atoms with E-state index in [1.54, 1.807) is 6.07 Å². The summed E-state index contributed by atoms with van der Waals surface area (Å²) in [6, 6.07) is 1.82. The van der Waals surface area contributed by atoms with Crippen LogP contribution in [0.5, 0.6) is 0 Å². The summed E-state index contributed by atoms with van der Waals surface area (Å²) >= 11 is 1.42. The lowest BCUT2D eigenvalue weighted by Gasteiger charge is -2.17. The molecule has 2 aromatic heterocycles. The zero-order valence-electron chi connectivity index (χ0n) is 11.2. The van der Waals surface area contributed by atoms with E-state index in [2.05, 4.69) is 10.3 Å². The van der Waals surface area contributed by atoms with E-state index in [-0.39, 0.29) is 24.1 Å². The Kier molecular flexibility index (Phi) is 3.99. The lowest BCUT2D eigenvalue weighted by molar-refractivity contribution is -0.122. The van der Waals surface area contributed by atoms with Crippen LogP contribution < -0.4 is 10.9 Å². The third-order valence-corrected chi connectivity index (χ3v) is 3.97. The van der Waals surface area contributed by atoms with Gasteiger partial charge in [0.25, 0.3) is 5.56 Å². The number of thiophene rings is 1. The van der Waals surface area contributed by atoms with Crippen molar-refractivity contribution in [2.45, 2.75) is 33.4 Å². The summed E-state index contributed by atoms with van der Waals surface area (Å²) < 4.78 is 1.34. The van der Waals surface area contributed by atoms with Crippen molar-refractivity contribution in [1.82, 2.24) is 14.9 Å². The summed E-state index contributed by atoms with van der Waals surface area (Å²) in [5.41, 5.74) is -0.168. The maximum atomic E-state index is 12.1. The third kappa shape index (κ3) is 3.01. The molecule has 2 heterocycles. The Balaban J connectivity index is 2.15. The van der Waals surface area contributed by atoms with Crippen molar-refractivity contribution >= 4 is 27.5 Å². The quantitative estimate of drug-likeness (QED) is 0.925. The smallest absolute Gasteiger partial charge is 0.262 e. The van der Waals surface area contributed by atoms with Gasteiger partial charge in [0, 0.05) is 6.04 Å². The summed E-state index contributed by atoms with van der Waals surface area (Å²) in [7, 11) is 0. The minimum Gasteiger partial charge on any atom is -0.352 e. The maximum Gasteiger partial charge on any atom is 0.262 e. The number of nitrogens with one attached hydrogen (secondary N) is 1. The second-order valence-electron chi connectivity index (χ2n) is 4.92. The van der Waals surface area contributed by atoms with E-state index in [0.717, 1.165) is 0 Å². The largest absolute Gasteiger partial charge is 0.352 e. The SMILES string of the molecule is CC(C)[C@@H](C)NC(=O)Cn1cnc2sccc2c1=O. The molecule has 2 rings (SSSR count). The third-order valence-electron chi connectivity index (χ3n) is 3.15. The Bertz CT molecular complexity index is 645. The van der Waals surface area contributed by atoms with E-state index in [0.29, 0.717) is 16.1 Å². The van der Waals surface area contributed by atoms with Crippen molar-refractivity contribution in [2.75, 3.05) is 0 Å². The predicted octanol–water partition coefficient (Wildman–Crippen LogP) is 1.62. The number of carbonyl (C=O) groups is 1. The van der Waals surface area contributed by atoms with Gasteiger partial charge in [-0.25, -0.2) is 4.98 Å². The first-order valence-corrected chi connectivity index (χ1v) is 7.09. The summed E-state index contributed by atoms with van der Waals surface area (Å²) in [5.74, 6) is 0.192. The summed E-state index contributed by atoms with van der Waals surface area (Å²) in [5, 5.41) is 5.26. The van der Waals surface area contributed by atoms with E-state index in [4.69, 9.17) is 0 Å². The molecule has 102 valence electrons. The van der Waals surface area contributed by atoms with Gasteiger partial charge in [0.05, 0.1) is 11.7 Å². The van der Waals surface area contributed by atoms with Gasteiger partial charge in [-0.05, 0) is 24.3 Å². The molecule has 0 spiro atoms. The van der Waals surface area contributed by atoms with E-state index in [1.165, 1.54) is 22.2 Å². The van der Waals surface area contributed by atoms with Gasteiger partial charge >= 0.3 is 0 Å². The van der Waals surface area contributed by atoms with E-state index >= 15 is 0 Å². The minimum absolute atomic E-state index is 0.00861. The number of hydrogen-bond acceptors (Lipinski definition) is 4. The molecule has 0 saturated heterocycles. The van der Waals surface area contributed by atoms with Crippen LogP contribution in [0.3, 0.4) is 0 Å². The van der Waals surface area contributed by atoms with Crippen LogP contribution in [0.1, 0.15) is 20.8 Å². The molecule has 0 fully saturated rings. The molecule has 6 heteroatoms. The number of amides is 1. The highest BCUT2D eigenvalue weighted by atomic mass is 32.1. The average Bonchev–Trinajstić information content (AvgIpc) is 2.81. The van der Waals surface area contributed by atoms with Gasteiger partial charge < -0.3 is 5.32 Å². The zero-order valence-corrected chi connectivity index (χ0v) is 12.0. The van der Waals surface area contributed by atoms with Gasteiger partial charge in [-0.1, -0.05) is 13.8 Å². The molecule has 0 aliphatic carbocycles. The fourth-order valence-electron chi connectivity index (χ4n) is 1.63. The lowest BCUT2D eigenvalue weighted by atomic mass is 10.1. The normalized spacial score (nSPS) is 12.8. The van der Waals surface area contributed by atoms with Gasteiger partial charge in [0.15, 0.2) is 0 Å². The number of rotatable bonds is 4. The van der Waals surface area contributed by atoms with Gasteiger partial charge in [0.1, 0.15) is 11.4 Å². The molecular weight excluding hydrogens is 262 g/mol. The van der Waals surface area contributed by atoms with Crippen LogP contribution in [-0.2, 0) is 11.3 Å². The summed E-state index contributed by atoms with van der Waals surface area (Å²) in [6.07, 6.45) is 1.43. The second-order valence-corrected chi connectivity index (χ2v) is 5.81. The standard InChI is InChI=1S/C13H17N3O2S/c1-8(2)9(3)15-11(17)6-16-7-14-12-10(13(16)18)4-5-19-12/h4-5,7-9H,6H2,1-3H3,(H,15,17)/t9-/m1/s1. The van der Waals surface area contributed by atoms with Crippen LogP contribution in [0.15, 0.2) is 22.6 Å². The highest BCUT2D eigenvalue weighted by Gasteiger charge is 2.12. The molecule has 0 aliphatic heterocycles. The lowest BCUT2D eigenvalue weighted by Crippen LogP contribution is -2.39. The van der Waals surface area contributed by atoms with Crippen molar-refractivity contribution in [2.24, 2.45) is 5.92 Å². The van der Waals surface area contributed by atoms with Crippen molar-refractivity contribution in [3.05, 3.63) is 28.1 Å². The maximum absolute atomic E-state index is 12.1. The number of carbonyl (C=O) groups excluding carboxylic acids is 1. The monoisotopic (exact) mass is 279 g/mol. The van der Waals surface area contributed by atoms with Gasteiger partial charge in [-0.2, -0.15) is 0 Å². The van der Waals surface area contributed by atoms with Crippen LogP contribution in [0.4, 0.5) is 0 Å². The van der Waals surface area contributed by atoms with Crippen LogP contribution in [0.25, 0.3) is 10.2 Å². The Labute approximate surface area is 115 Å². The molecule has 19 heavy (non-hydrogen) atoms. The molecular formula is C13H17N3O2S. The van der Waals surface area contributed by atoms with E-state index in [1.807, 2.05) is 26.2 Å². The first-order valence-electron chi connectivity index (χ1n) is 6.21. The highest BCUT2D eigenvalue weighted by molar-refractivity contribution is 7.16. The minimum atomic E-state index is -0.168. The van der Waals surface area contributed by atoms with Gasteiger partial charge in [-0.3, -0.25) is 14.2 Å². The fraction of sp³-hybridized carbons (Fsp3) is 0.462. The Morgan fingerprint density at radius 3 is 2.89 bits per heavy atom. The summed E-state index contributed by atoms with van der Waals surface area (Å²) in [6.45, 7) is 6.03. The molecule has 0 radical (unpaired) electrons. The van der Waals surface area contributed by atoms with Crippen LogP contribution in [0.2, 0.25) is 0 Å². The van der Waals surface area contributed by atoms with Gasteiger partial charge in [-0.15, -0.1) is 11.3 Å². The van der Waals surface area contributed by atoms with Crippen molar-refractivity contribution in [3.8, 4) is 0 Å². The topological polar surface area (TPSA) is 64.0 Å². The summed E-state index contributed by atoms with van der Waals surface area (Å²) in [4.78, 5) is 28.8. The van der Waals surface area contributed by atoms with Crippen molar-refractivity contribution in [3.63, 3.8) is 0 Å². The van der Waals surface area contributed by atoms with Crippen molar-refractivity contribution < 1.29 is 4.79 Å². The van der Waals surface area contributed by atoms with E-state index in [9.17, 15) is 9.59 Å². The Hall–Kier alpha value is -1.69. The van der Waals surface area contributed by atoms with Crippen LogP contribution in [0, 0.1) is 5.92 Å². The zero-order chi connectivity index (χ0) is 14.0.